The van der Waals surface area contributed by atoms with Gasteiger partial charge in [0, 0.05) is 24.7 Å². The molecule has 4 nitrogen and oxygen atoms in total. The van der Waals surface area contributed by atoms with Crippen LogP contribution in [-0.4, -0.2) is 19.0 Å². The third-order valence-corrected chi connectivity index (χ3v) is 2.76. The molecule has 0 aliphatic heterocycles. The largest absolute Gasteiger partial charge is 0.388 e. The van der Waals surface area contributed by atoms with Gasteiger partial charge in [-0.1, -0.05) is 12.1 Å². The van der Waals surface area contributed by atoms with Crippen molar-refractivity contribution >= 4 is 11.6 Å². The van der Waals surface area contributed by atoms with Crippen molar-refractivity contribution in [1.29, 1.82) is 5.41 Å². The van der Waals surface area contributed by atoms with E-state index < -0.39 is 0 Å². The monoisotopic (exact) mass is 204 g/mol. The number of hydrogen-bond acceptors (Lipinski definition) is 2. The highest BCUT2D eigenvalue weighted by atomic mass is 15.1. The van der Waals surface area contributed by atoms with E-state index in [0.717, 1.165) is 12.1 Å². The van der Waals surface area contributed by atoms with E-state index >= 15 is 0 Å². The number of hydrogen-bond donors (Lipinski definition) is 4. The predicted octanol–water partition coefficient (Wildman–Crippen LogP) is 1.07. The van der Waals surface area contributed by atoms with Crippen LogP contribution >= 0.6 is 0 Å². The summed E-state index contributed by atoms with van der Waals surface area (Å²) in [5, 5.41) is 13.2. The minimum atomic E-state index is 0.0642. The Labute approximate surface area is 89.4 Å². The van der Waals surface area contributed by atoms with Crippen LogP contribution < -0.4 is 16.4 Å². The fourth-order valence-electron chi connectivity index (χ4n) is 1.82. The number of guanidine groups is 1. The van der Waals surface area contributed by atoms with Gasteiger partial charge in [0.15, 0.2) is 5.96 Å². The zero-order valence-electron chi connectivity index (χ0n) is 8.75. The second kappa shape index (κ2) is 3.81. The fourth-order valence-corrected chi connectivity index (χ4v) is 1.82. The molecule has 1 fully saturated rings. The predicted molar refractivity (Wildman–Crippen MR) is 62.2 cm³/mol. The Bertz CT molecular complexity index is 357. The van der Waals surface area contributed by atoms with Gasteiger partial charge in [-0.25, -0.2) is 0 Å². The van der Waals surface area contributed by atoms with Gasteiger partial charge in [0.1, 0.15) is 0 Å². The summed E-state index contributed by atoms with van der Waals surface area (Å²) >= 11 is 0. The van der Waals surface area contributed by atoms with Crippen LogP contribution in [0.5, 0.6) is 0 Å². The third-order valence-electron chi connectivity index (χ3n) is 2.76. The van der Waals surface area contributed by atoms with E-state index in [9.17, 15) is 0 Å². The van der Waals surface area contributed by atoms with Crippen molar-refractivity contribution in [1.82, 2.24) is 5.32 Å². The molecule has 0 spiro atoms. The average molecular weight is 204 g/mol. The molecule has 0 amide bonds. The molecule has 1 aliphatic rings. The first-order chi connectivity index (χ1) is 7.20. The number of nitrogens with two attached hydrogens (primary N) is 1. The molecular weight excluding hydrogens is 188 g/mol. The maximum atomic E-state index is 7.14. The van der Waals surface area contributed by atoms with Crippen LogP contribution in [0.2, 0.25) is 0 Å². The minimum Gasteiger partial charge on any atom is -0.388 e. The number of nitrogens with one attached hydrogen (secondary N) is 3. The molecular formula is C11H16N4. The van der Waals surface area contributed by atoms with E-state index in [1.54, 1.807) is 0 Å². The second-order valence-corrected chi connectivity index (χ2v) is 3.88. The molecule has 0 saturated heterocycles. The Kier molecular flexibility index (Phi) is 2.49. The molecule has 1 aromatic rings. The summed E-state index contributed by atoms with van der Waals surface area (Å²) in [7, 11) is 1.91. The molecule has 15 heavy (non-hydrogen) atoms. The van der Waals surface area contributed by atoms with Crippen molar-refractivity contribution in [2.45, 2.75) is 18.4 Å². The van der Waals surface area contributed by atoms with Gasteiger partial charge < -0.3 is 16.4 Å². The van der Waals surface area contributed by atoms with E-state index in [1.165, 1.54) is 5.56 Å². The first kappa shape index (κ1) is 9.83. The molecule has 4 heteroatoms. The van der Waals surface area contributed by atoms with Gasteiger partial charge in [-0.2, -0.15) is 0 Å². The van der Waals surface area contributed by atoms with Gasteiger partial charge in [0.05, 0.1) is 0 Å². The van der Waals surface area contributed by atoms with Crippen molar-refractivity contribution in [3.63, 3.8) is 0 Å². The maximum Gasteiger partial charge on any atom is 0.185 e. The van der Waals surface area contributed by atoms with Crippen LogP contribution in [0.1, 0.15) is 17.9 Å². The molecule has 0 aromatic heterocycles. The Morgan fingerprint density at radius 2 is 2.07 bits per heavy atom. The van der Waals surface area contributed by atoms with E-state index in [1.807, 2.05) is 7.05 Å². The highest BCUT2D eigenvalue weighted by Gasteiger charge is 2.38. The lowest BCUT2D eigenvalue weighted by molar-refractivity contribution is 0.854. The summed E-state index contributed by atoms with van der Waals surface area (Å²) in [6, 6.07) is 8.73. The molecule has 0 radical (unpaired) electrons. The average Bonchev–Trinajstić information content (AvgIpc) is 2.96. The molecule has 0 bridgehead atoms. The van der Waals surface area contributed by atoms with Crippen molar-refractivity contribution in [3.05, 3.63) is 29.8 Å². The van der Waals surface area contributed by atoms with Crippen molar-refractivity contribution < 1.29 is 0 Å². The fraction of sp³-hybridized carbons (Fsp3) is 0.364. The highest BCUT2D eigenvalue weighted by Crippen LogP contribution is 2.40. The third kappa shape index (κ3) is 2.21. The molecule has 1 aliphatic carbocycles. The molecule has 2 rings (SSSR count). The first-order valence-electron chi connectivity index (χ1n) is 5.09. The summed E-state index contributed by atoms with van der Waals surface area (Å²) in [6.07, 6.45) is 1.07. The summed E-state index contributed by atoms with van der Waals surface area (Å²) in [5.74, 6) is 0.578. The summed E-state index contributed by atoms with van der Waals surface area (Å²) in [6.45, 7) is 0. The summed E-state index contributed by atoms with van der Waals surface area (Å²) < 4.78 is 0. The topological polar surface area (TPSA) is 73.9 Å². The molecule has 80 valence electrons. The molecule has 1 aromatic carbocycles. The van der Waals surface area contributed by atoms with E-state index in [4.69, 9.17) is 11.1 Å². The smallest absolute Gasteiger partial charge is 0.185 e. The summed E-state index contributed by atoms with van der Waals surface area (Å²) in [5.41, 5.74) is 7.72. The Hall–Kier alpha value is -1.71. The van der Waals surface area contributed by atoms with E-state index in [0.29, 0.717) is 12.0 Å². The van der Waals surface area contributed by atoms with Gasteiger partial charge in [-0.15, -0.1) is 0 Å². The number of benzene rings is 1. The van der Waals surface area contributed by atoms with Gasteiger partial charge in [-0.3, -0.25) is 5.41 Å². The van der Waals surface area contributed by atoms with Crippen LogP contribution in [0.25, 0.3) is 0 Å². The zero-order valence-corrected chi connectivity index (χ0v) is 8.75. The van der Waals surface area contributed by atoms with Crippen molar-refractivity contribution in [2.24, 2.45) is 5.73 Å². The Balaban J connectivity index is 1.97. The lowest BCUT2D eigenvalue weighted by atomic mass is 10.1. The lowest BCUT2D eigenvalue weighted by Crippen LogP contribution is -2.32. The van der Waals surface area contributed by atoms with Crippen LogP contribution in [0.3, 0.4) is 0 Å². The Morgan fingerprint density at radius 3 is 2.60 bits per heavy atom. The first-order valence-corrected chi connectivity index (χ1v) is 5.09. The van der Waals surface area contributed by atoms with Crippen molar-refractivity contribution in [3.8, 4) is 0 Å². The molecule has 2 unspecified atom stereocenters. The normalized spacial score (nSPS) is 23.3. The molecule has 1 saturated carbocycles. The van der Waals surface area contributed by atoms with Crippen LogP contribution in [0.4, 0.5) is 5.69 Å². The van der Waals surface area contributed by atoms with Gasteiger partial charge >= 0.3 is 0 Å². The molecule has 5 N–H and O–H groups in total. The SMILES string of the molecule is CNc1ccc(C2CC2NC(=N)N)cc1. The maximum absolute atomic E-state index is 7.14. The zero-order chi connectivity index (χ0) is 10.8. The number of anilines is 1. The van der Waals surface area contributed by atoms with Gasteiger partial charge in [-0.05, 0) is 24.1 Å². The van der Waals surface area contributed by atoms with E-state index in [2.05, 4.69) is 34.9 Å². The summed E-state index contributed by atoms with van der Waals surface area (Å²) in [4.78, 5) is 0. The second-order valence-electron chi connectivity index (χ2n) is 3.88. The van der Waals surface area contributed by atoms with Crippen LogP contribution in [0.15, 0.2) is 24.3 Å². The van der Waals surface area contributed by atoms with Crippen molar-refractivity contribution in [2.75, 3.05) is 12.4 Å². The standard InChI is InChI=1S/C11H16N4/c1-14-8-4-2-7(3-5-8)9-6-10(9)15-11(12)13/h2-5,9-10,14H,6H2,1H3,(H4,12,13,15). The highest BCUT2D eigenvalue weighted by molar-refractivity contribution is 5.75. The van der Waals surface area contributed by atoms with Crippen LogP contribution in [0, 0.1) is 5.41 Å². The van der Waals surface area contributed by atoms with Gasteiger partial charge in [0.25, 0.3) is 0 Å². The van der Waals surface area contributed by atoms with Crippen LogP contribution in [-0.2, 0) is 0 Å². The van der Waals surface area contributed by atoms with E-state index in [-0.39, 0.29) is 5.96 Å². The number of rotatable bonds is 3. The Morgan fingerprint density at radius 1 is 1.40 bits per heavy atom. The lowest BCUT2D eigenvalue weighted by Gasteiger charge is -2.04. The van der Waals surface area contributed by atoms with Gasteiger partial charge in [0.2, 0.25) is 0 Å². The minimum absolute atomic E-state index is 0.0642. The molecule has 2 atom stereocenters. The molecule has 0 heterocycles. The quantitative estimate of drug-likeness (QED) is 0.439.